The lowest BCUT2D eigenvalue weighted by molar-refractivity contribution is -0.140. The number of hydrogen-bond donors (Lipinski definition) is 1. The van der Waals surface area contributed by atoms with Crippen LogP contribution in [0.15, 0.2) is 101 Å². The van der Waals surface area contributed by atoms with Crippen molar-refractivity contribution in [1.29, 1.82) is 0 Å². The van der Waals surface area contributed by atoms with Crippen molar-refractivity contribution in [3.8, 4) is 17.2 Å². The second-order valence-electron chi connectivity index (χ2n) is 9.86. The molecule has 1 aliphatic carbocycles. The summed E-state index contributed by atoms with van der Waals surface area (Å²) in [6.45, 7) is 2.15. The zero-order chi connectivity index (χ0) is 28.1. The van der Waals surface area contributed by atoms with Crippen LogP contribution in [-0.4, -0.2) is 39.2 Å². The lowest BCUT2D eigenvalue weighted by Crippen LogP contribution is -2.36. The van der Waals surface area contributed by atoms with Gasteiger partial charge in [0.2, 0.25) is 0 Å². The maximum Gasteiger partial charge on any atom is 0.336 e. The topological polar surface area (TPSA) is 83.1 Å². The number of rotatable bonds is 9. The molecule has 1 N–H and O–H groups in total. The second-order valence-corrected chi connectivity index (χ2v) is 9.86. The molecule has 0 aromatic heterocycles. The zero-order valence-electron chi connectivity index (χ0n) is 22.9. The van der Waals surface area contributed by atoms with Gasteiger partial charge in [-0.2, -0.15) is 0 Å². The molecule has 1 aliphatic heterocycles. The molecule has 0 saturated heterocycles. The van der Waals surface area contributed by atoms with E-state index >= 15 is 0 Å². The molecule has 2 aliphatic rings. The lowest BCUT2D eigenvalue weighted by atomic mass is 9.71. The first-order chi connectivity index (χ1) is 19.5. The van der Waals surface area contributed by atoms with Gasteiger partial charge in [-0.1, -0.05) is 42.5 Å². The van der Waals surface area contributed by atoms with Crippen molar-refractivity contribution in [2.75, 3.05) is 27.4 Å². The van der Waals surface area contributed by atoms with E-state index in [1.54, 1.807) is 14.2 Å². The van der Waals surface area contributed by atoms with Crippen molar-refractivity contribution < 1.29 is 28.5 Å². The monoisotopic (exact) mass is 539 g/mol. The van der Waals surface area contributed by atoms with Gasteiger partial charge in [-0.25, -0.2) is 4.79 Å². The van der Waals surface area contributed by atoms with Crippen LogP contribution in [0.2, 0.25) is 0 Å². The fourth-order valence-electron chi connectivity index (χ4n) is 5.46. The molecule has 7 heteroatoms. The van der Waals surface area contributed by atoms with Crippen molar-refractivity contribution in [2.24, 2.45) is 0 Å². The molecule has 7 nitrogen and oxygen atoms in total. The van der Waals surface area contributed by atoms with Gasteiger partial charge in [0.15, 0.2) is 5.78 Å². The van der Waals surface area contributed by atoms with Crippen molar-refractivity contribution in [2.45, 2.75) is 31.6 Å². The number of para-hydroxylation sites is 1. The number of methoxy groups -OCH3 is 2. The van der Waals surface area contributed by atoms with Crippen LogP contribution in [0.5, 0.6) is 17.2 Å². The minimum atomic E-state index is -0.571. The summed E-state index contributed by atoms with van der Waals surface area (Å²) in [5.41, 5.74) is 4.41. The number of ketones is 1. The third-order valence-electron chi connectivity index (χ3n) is 7.39. The number of hydrogen-bond acceptors (Lipinski definition) is 7. The van der Waals surface area contributed by atoms with Crippen LogP contribution in [0.4, 0.5) is 0 Å². The molecule has 0 fully saturated rings. The second kappa shape index (κ2) is 12.1. The molecule has 206 valence electrons. The van der Waals surface area contributed by atoms with E-state index in [-0.39, 0.29) is 24.9 Å². The number of dihydropyridines is 1. The van der Waals surface area contributed by atoms with E-state index in [1.165, 1.54) is 0 Å². The summed E-state index contributed by atoms with van der Waals surface area (Å²) in [5, 5.41) is 3.40. The van der Waals surface area contributed by atoms with E-state index in [0.29, 0.717) is 41.2 Å². The smallest absolute Gasteiger partial charge is 0.336 e. The number of allylic oxidation sites excluding steroid dienone is 3. The maximum atomic E-state index is 13.8. The molecule has 0 bridgehead atoms. The maximum absolute atomic E-state index is 13.8. The van der Waals surface area contributed by atoms with Crippen molar-refractivity contribution in [1.82, 2.24) is 5.32 Å². The van der Waals surface area contributed by atoms with Gasteiger partial charge in [-0.05, 0) is 66.8 Å². The van der Waals surface area contributed by atoms with Crippen LogP contribution in [0.1, 0.15) is 42.7 Å². The van der Waals surface area contributed by atoms with E-state index in [0.717, 1.165) is 22.6 Å². The molecule has 40 heavy (non-hydrogen) atoms. The predicted octanol–water partition coefficient (Wildman–Crippen LogP) is 5.69. The molecule has 5 rings (SSSR count). The Morgan fingerprint density at radius 1 is 0.825 bits per heavy atom. The number of esters is 1. The first kappa shape index (κ1) is 27.1. The summed E-state index contributed by atoms with van der Waals surface area (Å²) in [6, 6.07) is 24.7. The molecule has 0 unspecified atom stereocenters. The van der Waals surface area contributed by atoms with Gasteiger partial charge in [0, 0.05) is 29.3 Å². The average molecular weight is 540 g/mol. The predicted molar refractivity (Wildman–Crippen MR) is 151 cm³/mol. The van der Waals surface area contributed by atoms with Crippen molar-refractivity contribution in [3.05, 3.63) is 113 Å². The summed E-state index contributed by atoms with van der Waals surface area (Å²) in [4.78, 5) is 27.3. The van der Waals surface area contributed by atoms with Gasteiger partial charge in [-0.15, -0.1) is 0 Å². The molecular weight excluding hydrogens is 506 g/mol. The Morgan fingerprint density at radius 2 is 1.55 bits per heavy atom. The lowest BCUT2D eigenvalue weighted by Gasteiger charge is -2.36. The number of ether oxygens (including phenoxy) is 4. The normalized spacial score (nSPS) is 18.5. The van der Waals surface area contributed by atoms with E-state index in [2.05, 4.69) is 5.32 Å². The van der Waals surface area contributed by atoms with Crippen LogP contribution in [0, 0.1) is 0 Å². The fourth-order valence-corrected chi connectivity index (χ4v) is 5.46. The van der Waals surface area contributed by atoms with Gasteiger partial charge in [0.1, 0.15) is 30.5 Å². The zero-order valence-corrected chi connectivity index (χ0v) is 22.9. The minimum absolute atomic E-state index is 0.00704. The number of carbonyl (C=O) groups excluding carboxylic acids is 2. The van der Waals surface area contributed by atoms with E-state index < -0.39 is 11.9 Å². The standard InChI is InChI=1S/C33H33NO6/c1-21-30(33(36)40-17-16-39-26-9-5-4-6-10-26)31(23-8-7-11-27(18-23)38-3)32-28(34-21)19-24(20-29(32)35)22-12-14-25(37-2)15-13-22/h4-15,18,24,31,34H,16-17,19-20H2,1-3H3/t24-,31-/m0/s1. The van der Waals surface area contributed by atoms with Crippen LogP contribution in [0.25, 0.3) is 0 Å². The number of carbonyl (C=O) groups is 2. The summed E-state index contributed by atoms with van der Waals surface area (Å²) in [5.74, 6) is 1.11. The molecule has 0 radical (unpaired) electrons. The average Bonchev–Trinajstić information content (AvgIpc) is 2.99. The molecule has 0 amide bonds. The Hall–Kier alpha value is -4.52. The third-order valence-corrected chi connectivity index (χ3v) is 7.39. The minimum Gasteiger partial charge on any atom is -0.497 e. The first-order valence-corrected chi connectivity index (χ1v) is 13.4. The molecular formula is C33H33NO6. The molecule has 0 spiro atoms. The third kappa shape index (κ3) is 5.73. The van der Waals surface area contributed by atoms with Crippen molar-refractivity contribution >= 4 is 11.8 Å². The van der Waals surface area contributed by atoms with Gasteiger partial charge in [0.25, 0.3) is 0 Å². The highest BCUT2D eigenvalue weighted by atomic mass is 16.6. The summed E-state index contributed by atoms with van der Waals surface area (Å²) in [7, 11) is 3.23. The van der Waals surface area contributed by atoms with E-state index in [4.69, 9.17) is 18.9 Å². The van der Waals surface area contributed by atoms with Gasteiger partial charge < -0.3 is 24.3 Å². The molecule has 3 aromatic carbocycles. The highest BCUT2D eigenvalue weighted by Gasteiger charge is 2.41. The summed E-state index contributed by atoms with van der Waals surface area (Å²) >= 11 is 0. The van der Waals surface area contributed by atoms with Crippen LogP contribution in [0.3, 0.4) is 0 Å². The first-order valence-electron chi connectivity index (χ1n) is 13.4. The highest BCUT2D eigenvalue weighted by molar-refractivity contribution is 6.04. The van der Waals surface area contributed by atoms with Crippen molar-refractivity contribution in [3.63, 3.8) is 0 Å². The van der Waals surface area contributed by atoms with E-state index in [9.17, 15) is 9.59 Å². The fraction of sp³-hybridized carbons (Fsp3) is 0.273. The Kier molecular flexibility index (Phi) is 8.20. The molecule has 3 aromatic rings. The van der Waals surface area contributed by atoms with Gasteiger partial charge in [-0.3, -0.25) is 4.79 Å². The largest absolute Gasteiger partial charge is 0.497 e. The highest BCUT2D eigenvalue weighted by Crippen LogP contribution is 2.46. The number of nitrogens with one attached hydrogen (secondary N) is 1. The Bertz CT molecular complexity index is 1440. The quantitative estimate of drug-likeness (QED) is 0.276. The Morgan fingerprint density at radius 3 is 2.27 bits per heavy atom. The SMILES string of the molecule is COc1ccc([C@@H]2CC(=O)C3=C(C2)NC(C)=C(C(=O)OCCOc2ccccc2)[C@@H]3c2cccc(OC)c2)cc1. The number of Topliss-reactive ketones (excluding diaryl/α,β-unsaturated/α-hetero) is 1. The Labute approximate surface area is 234 Å². The van der Waals surface area contributed by atoms with Crippen LogP contribution < -0.4 is 19.5 Å². The molecule has 1 heterocycles. The van der Waals surface area contributed by atoms with Gasteiger partial charge >= 0.3 is 5.97 Å². The number of benzene rings is 3. The van der Waals surface area contributed by atoms with Crippen LogP contribution >= 0.6 is 0 Å². The molecule has 2 atom stereocenters. The summed E-state index contributed by atoms with van der Waals surface area (Å²) in [6.07, 6.45) is 0.998. The summed E-state index contributed by atoms with van der Waals surface area (Å²) < 4.78 is 22.1. The molecule has 0 saturated carbocycles. The Balaban J connectivity index is 1.42. The van der Waals surface area contributed by atoms with E-state index in [1.807, 2.05) is 85.8 Å². The van der Waals surface area contributed by atoms with Gasteiger partial charge in [0.05, 0.1) is 19.8 Å². The van der Waals surface area contributed by atoms with Crippen LogP contribution in [-0.2, 0) is 14.3 Å².